The van der Waals surface area contributed by atoms with Gasteiger partial charge < -0.3 is 15.2 Å². The second-order valence-electron chi connectivity index (χ2n) is 4.72. The summed E-state index contributed by atoms with van der Waals surface area (Å²) in [4.78, 5) is 8.93. The van der Waals surface area contributed by atoms with Crippen LogP contribution in [0.3, 0.4) is 0 Å². The van der Waals surface area contributed by atoms with Gasteiger partial charge in [0.25, 0.3) is 0 Å². The molecule has 0 radical (unpaired) electrons. The lowest BCUT2D eigenvalue weighted by Crippen LogP contribution is -2.14. The molecule has 2 N–H and O–H groups in total. The summed E-state index contributed by atoms with van der Waals surface area (Å²) in [6.45, 7) is 5.05. The molecule has 0 bridgehead atoms. The SMILES string of the molecule is CCCNc1cc(NC(C)c2nncn2C)nc(SC)n1. The number of nitrogens with one attached hydrogen (secondary N) is 2. The molecule has 0 aliphatic rings. The minimum absolute atomic E-state index is 0.0149. The largest absolute Gasteiger partial charge is 0.370 e. The minimum Gasteiger partial charge on any atom is -0.370 e. The van der Waals surface area contributed by atoms with Crippen LogP contribution in [0.1, 0.15) is 32.1 Å². The van der Waals surface area contributed by atoms with Crippen LogP contribution in [0.25, 0.3) is 0 Å². The number of rotatable bonds is 7. The lowest BCUT2D eigenvalue weighted by atomic mass is 10.3. The van der Waals surface area contributed by atoms with E-state index in [-0.39, 0.29) is 6.04 Å². The van der Waals surface area contributed by atoms with E-state index in [1.807, 2.05) is 30.9 Å². The summed E-state index contributed by atoms with van der Waals surface area (Å²) in [5.41, 5.74) is 0. The van der Waals surface area contributed by atoms with Crippen molar-refractivity contribution >= 4 is 23.4 Å². The number of anilines is 2. The van der Waals surface area contributed by atoms with Crippen molar-refractivity contribution in [3.63, 3.8) is 0 Å². The monoisotopic (exact) mass is 307 g/mol. The van der Waals surface area contributed by atoms with Gasteiger partial charge in [-0.05, 0) is 19.6 Å². The Hall–Kier alpha value is -1.83. The normalized spacial score (nSPS) is 12.2. The van der Waals surface area contributed by atoms with Crippen molar-refractivity contribution < 1.29 is 0 Å². The van der Waals surface area contributed by atoms with Crippen LogP contribution in [0.15, 0.2) is 17.6 Å². The van der Waals surface area contributed by atoms with Crippen LogP contribution in [0.2, 0.25) is 0 Å². The zero-order valence-corrected chi connectivity index (χ0v) is 13.6. The molecular formula is C13H21N7S. The second kappa shape index (κ2) is 7.26. The quantitative estimate of drug-likeness (QED) is 0.600. The number of hydrogen-bond acceptors (Lipinski definition) is 7. The van der Waals surface area contributed by atoms with Crippen molar-refractivity contribution in [2.24, 2.45) is 7.05 Å². The smallest absolute Gasteiger partial charge is 0.191 e. The highest BCUT2D eigenvalue weighted by Crippen LogP contribution is 2.21. The molecule has 0 amide bonds. The van der Waals surface area contributed by atoms with Crippen LogP contribution in [0.4, 0.5) is 11.6 Å². The van der Waals surface area contributed by atoms with Gasteiger partial charge in [-0.1, -0.05) is 18.7 Å². The Bertz CT molecular complexity index is 584. The highest BCUT2D eigenvalue weighted by atomic mass is 32.2. The number of nitrogens with zero attached hydrogens (tertiary/aromatic N) is 5. The van der Waals surface area contributed by atoms with Gasteiger partial charge in [-0.2, -0.15) is 0 Å². The molecule has 21 heavy (non-hydrogen) atoms. The van der Waals surface area contributed by atoms with E-state index in [0.29, 0.717) is 0 Å². The van der Waals surface area contributed by atoms with Gasteiger partial charge in [-0.15, -0.1) is 10.2 Å². The average Bonchev–Trinajstić information content (AvgIpc) is 2.91. The van der Waals surface area contributed by atoms with Gasteiger partial charge in [-0.25, -0.2) is 9.97 Å². The fraction of sp³-hybridized carbons (Fsp3) is 0.538. The highest BCUT2D eigenvalue weighted by molar-refractivity contribution is 7.98. The zero-order valence-electron chi connectivity index (χ0n) is 12.8. The molecule has 0 aromatic carbocycles. The summed E-state index contributed by atoms with van der Waals surface area (Å²) in [5, 5.41) is 15.4. The molecule has 1 unspecified atom stereocenters. The van der Waals surface area contributed by atoms with Crippen LogP contribution in [0, 0.1) is 0 Å². The molecule has 8 heteroatoms. The van der Waals surface area contributed by atoms with E-state index in [9.17, 15) is 0 Å². The van der Waals surface area contributed by atoms with E-state index in [1.54, 1.807) is 6.33 Å². The molecule has 0 saturated carbocycles. The molecule has 0 aliphatic heterocycles. The predicted molar refractivity (Wildman–Crippen MR) is 85.6 cm³/mol. The lowest BCUT2D eigenvalue weighted by Gasteiger charge is -2.15. The summed E-state index contributed by atoms with van der Waals surface area (Å²) in [7, 11) is 1.93. The average molecular weight is 307 g/mol. The predicted octanol–water partition coefficient (Wildman–Crippen LogP) is 2.32. The number of aryl methyl sites for hydroxylation is 1. The fourth-order valence-corrected chi connectivity index (χ4v) is 2.28. The van der Waals surface area contributed by atoms with Crippen LogP contribution >= 0.6 is 11.8 Å². The van der Waals surface area contributed by atoms with Crippen molar-refractivity contribution in [3.05, 3.63) is 18.2 Å². The maximum atomic E-state index is 4.48. The Kier molecular flexibility index (Phi) is 5.38. The van der Waals surface area contributed by atoms with Crippen molar-refractivity contribution in [3.8, 4) is 0 Å². The summed E-state index contributed by atoms with van der Waals surface area (Å²) in [5.74, 6) is 2.48. The van der Waals surface area contributed by atoms with Gasteiger partial charge in [0.2, 0.25) is 0 Å². The van der Waals surface area contributed by atoms with E-state index < -0.39 is 0 Å². The maximum Gasteiger partial charge on any atom is 0.191 e. The molecular weight excluding hydrogens is 286 g/mol. The molecule has 2 aromatic rings. The number of aromatic nitrogens is 5. The topological polar surface area (TPSA) is 80.5 Å². The summed E-state index contributed by atoms with van der Waals surface area (Å²) >= 11 is 1.52. The first kappa shape index (κ1) is 15.6. The lowest BCUT2D eigenvalue weighted by molar-refractivity contribution is 0.714. The molecule has 0 spiro atoms. The van der Waals surface area contributed by atoms with Gasteiger partial charge in [-0.3, -0.25) is 0 Å². The Balaban J connectivity index is 2.16. The Morgan fingerprint density at radius 3 is 2.71 bits per heavy atom. The van der Waals surface area contributed by atoms with Gasteiger partial charge in [0, 0.05) is 19.7 Å². The minimum atomic E-state index is 0.0149. The molecule has 1 atom stereocenters. The van der Waals surface area contributed by atoms with Crippen molar-refractivity contribution in [1.82, 2.24) is 24.7 Å². The first-order valence-electron chi connectivity index (χ1n) is 6.91. The van der Waals surface area contributed by atoms with Gasteiger partial charge in [0.1, 0.15) is 18.0 Å². The maximum absolute atomic E-state index is 4.48. The Morgan fingerprint density at radius 2 is 2.10 bits per heavy atom. The van der Waals surface area contributed by atoms with E-state index in [1.165, 1.54) is 11.8 Å². The molecule has 2 rings (SSSR count). The molecule has 2 heterocycles. The molecule has 0 fully saturated rings. The second-order valence-corrected chi connectivity index (χ2v) is 5.49. The standard InChI is InChI=1S/C13H21N7S/c1-5-6-14-10-7-11(18-13(17-10)21-4)16-9(2)12-19-15-8-20(12)3/h7-9H,5-6H2,1-4H3,(H2,14,16,17,18). The first-order valence-corrected chi connectivity index (χ1v) is 8.14. The van der Waals surface area contributed by atoms with Crippen LogP contribution in [0.5, 0.6) is 0 Å². The van der Waals surface area contributed by atoms with Crippen molar-refractivity contribution in [2.75, 3.05) is 23.4 Å². The van der Waals surface area contributed by atoms with Crippen LogP contribution in [-0.2, 0) is 7.05 Å². The molecule has 0 aliphatic carbocycles. The third-order valence-corrected chi connectivity index (χ3v) is 3.49. The summed E-state index contributed by atoms with van der Waals surface area (Å²) in [6.07, 6.45) is 4.71. The third kappa shape index (κ3) is 4.07. The fourth-order valence-electron chi connectivity index (χ4n) is 1.90. The Labute approximate surface area is 129 Å². The van der Waals surface area contributed by atoms with Gasteiger partial charge >= 0.3 is 0 Å². The van der Waals surface area contributed by atoms with Crippen molar-refractivity contribution in [1.29, 1.82) is 0 Å². The van der Waals surface area contributed by atoms with Crippen molar-refractivity contribution in [2.45, 2.75) is 31.5 Å². The Morgan fingerprint density at radius 1 is 1.33 bits per heavy atom. The van der Waals surface area contributed by atoms with E-state index >= 15 is 0 Å². The molecule has 7 nitrogen and oxygen atoms in total. The first-order chi connectivity index (χ1) is 10.1. The summed E-state index contributed by atoms with van der Waals surface area (Å²) < 4.78 is 1.89. The van der Waals surface area contributed by atoms with Crippen LogP contribution in [-0.4, -0.2) is 37.5 Å². The van der Waals surface area contributed by atoms with E-state index in [0.717, 1.165) is 35.6 Å². The zero-order chi connectivity index (χ0) is 15.2. The third-order valence-electron chi connectivity index (χ3n) is 2.94. The van der Waals surface area contributed by atoms with Crippen LogP contribution < -0.4 is 10.6 Å². The summed E-state index contributed by atoms with van der Waals surface area (Å²) in [6, 6.07) is 1.93. The van der Waals surface area contributed by atoms with Gasteiger partial charge in [0.15, 0.2) is 11.0 Å². The van der Waals surface area contributed by atoms with E-state index in [2.05, 4.69) is 37.7 Å². The highest BCUT2D eigenvalue weighted by Gasteiger charge is 2.13. The number of hydrogen-bond donors (Lipinski definition) is 2. The molecule has 2 aromatic heterocycles. The molecule has 0 saturated heterocycles. The van der Waals surface area contributed by atoms with Gasteiger partial charge in [0.05, 0.1) is 6.04 Å². The molecule has 114 valence electrons. The number of thioether (sulfide) groups is 1. The van der Waals surface area contributed by atoms with E-state index in [4.69, 9.17) is 0 Å².